The number of para-hydroxylation sites is 3. The van der Waals surface area contributed by atoms with Gasteiger partial charge >= 0.3 is 0 Å². The fourth-order valence-corrected chi connectivity index (χ4v) is 4.13. The number of benzene rings is 3. The van der Waals surface area contributed by atoms with Crippen molar-refractivity contribution >= 4 is 34.4 Å². The van der Waals surface area contributed by atoms with Crippen LogP contribution in [0.15, 0.2) is 84.0 Å². The largest absolute Gasteiger partial charge is 0.325 e. The first-order valence-corrected chi connectivity index (χ1v) is 10.3. The summed E-state index contributed by atoms with van der Waals surface area (Å²) in [5, 5.41) is 3.92. The molecule has 1 heterocycles. The number of imidazole rings is 1. The smallest absolute Gasteiger partial charge is 0.234 e. The van der Waals surface area contributed by atoms with Gasteiger partial charge in [0.2, 0.25) is 5.91 Å². The maximum absolute atomic E-state index is 12.6. The topological polar surface area (TPSA) is 46.9 Å². The van der Waals surface area contributed by atoms with Crippen molar-refractivity contribution in [1.82, 2.24) is 9.55 Å². The highest BCUT2D eigenvalue weighted by Crippen LogP contribution is 2.28. The van der Waals surface area contributed by atoms with Gasteiger partial charge in [0.1, 0.15) is 0 Å². The van der Waals surface area contributed by atoms with Crippen molar-refractivity contribution in [1.29, 1.82) is 0 Å². The summed E-state index contributed by atoms with van der Waals surface area (Å²) in [4.78, 5) is 17.3. The number of thioether (sulfide) groups is 1. The molecule has 0 radical (unpaired) electrons. The van der Waals surface area contributed by atoms with Crippen molar-refractivity contribution in [3.05, 3.63) is 78.9 Å². The average molecular weight is 388 g/mol. The second-order valence-electron chi connectivity index (χ2n) is 6.38. The van der Waals surface area contributed by atoms with E-state index >= 15 is 0 Å². The van der Waals surface area contributed by atoms with E-state index in [4.69, 9.17) is 0 Å². The summed E-state index contributed by atoms with van der Waals surface area (Å²) in [6.45, 7) is 2.91. The molecule has 1 N–H and O–H groups in total. The second kappa shape index (κ2) is 8.31. The Kier molecular flexibility index (Phi) is 5.44. The number of carbonyl (C=O) groups is 1. The molecule has 140 valence electrons. The number of carbonyl (C=O) groups excluding carboxylic acids is 1. The third-order valence-electron chi connectivity index (χ3n) is 4.55. The SMILES string of the molecule is CCn1c(SCC(=O)Nc2ccccc2-c2ccccc2)nc2ccccc21. The predicted molar refractivity (Wildman–Crippen MR) is 117 cm³/mol. The molecule has 0 aliphatic heterocycles. The van der Waals surface area contributed by atoms with Gasteiger partial charge in [-0.1, -0.05) is 72.4 Å². The monoisotopic (exact) mass is 387 g/mol. The van der Waals surface area contributed by atoms with Crippen molar-refractivity contribution in [2.75, 3.05) is 11.1 Å². The van der Waals surface area contributed by atoms with E-state index in [-0.39, 0.29) is 5.91 Å². The fourth-order valence-electron chi connectivity index (χ4n) is 3.25. The maximum Gasteiger partial charge on any atom is 0.234 e. The molecular formula is C23H21N3OS. The minimum Gasteiger partial charge on any atom is -0.325 e. The number of hydrogen-bond donors (Lipinski definition) is 1. The Hall–Kier alpha value is -3.05. The highest BCUT2D eigenvalue weighted by Gasteiger charge is 2.13. The van der Waals surface area contributed by atoms with Crippen molar-refractivity contribution in [2.45, 2.75) is 18.6 Å². The summed E-state index contributed by atoms with van der Waals surface area (Å²) < 4.78 is 2.14. The van der Waals surface area contributed by atoms with Gasteiger partial charge in [-0.3, -0.25) is 4.79 Å². The summed E-state index contributed by atoms with van der Waals surface area (Å²) in [7, 11) is 0. The van der Waals surface area contributed by atoms with E-state index in [9.17, 15) is 4.79 Å². The van der Waals surface area contributed by atoms with E-state index in [0.29, 0.717) is 5.75 Å². The lowest BCUT2D eigenvalue weighted by atomic mass is 10.0. The standard InChI is InChI=1S/C23H21N3OS/c1-2-26-21-15-9-8-14-20(21)25-23(26)28-16-22(27)24-19-13-7-6-12-18(19)17-10-4-3-5-11-17/h3-15H,2,16H2,1H3,(H,24,27). The Labute approximate surface area is 168 Å². The van der Waals surface area contributed by atoms with Gasteiger partial charge in [-0.15, -0.1) is 0 Å². The van der Waals surface area contributed by atoms with E-state index in [1.807, 2.05) is 72.8 Å². The zero-order valence-corrected chi connectivity index (χ0v) is 16.4. The lowest BCUT2D eigenvalue weighted by Crippen LogP contribution is -2.15. The molecule has 0 saturated carbocycles. The van der Waals surface area contributed by atoms with Crippen molar-refractivity contribution in [3.63, 3.8) is 0 Å². The molecule has 1 aromatic heterocycles. The minimum absolute atomic E-state index is 0.0388. The predicted octanol–water partition coefficient (Wildman–Crippen LogP) is 5.45. The summed E-state index contributed by atoms with van der Waals surface area (Å²) >= 11 is 1.47. The molecular weight excluding hydrogens is 366 g/mol. The third-order valence-corrected chi connectivity index (χ3v) is 5.53. The molecule has 4 nitrogen and oxygen atoms in total. The van der Waals surface area contributed by atoms with Crippen LogP contribution in [0.5, 0.6) is 0 Å². The van der Waals surface area contributed by atoms with Crippen LogP contribution < -0.4 is 5.32 Å². The van der Waals surface area contributed by atoms with Crippen LogP contribution in [-0.2, 0) is 11.3 Å². The summed E-state index contributed by atoms with van der Waals surface area (Å²) in [6, 6.07) is 26.0. The number of nitrogens with one attached hydrogen (secondary N) is 1. The van der Waals surface area contributed by atoms with Crippen molar-refractivity contribution in [3.8, 4) is 11.1 Å². The number of rotatable bonds is 6. The van der Waals surface area contributed by atoms with Gasteiger partial charge in [-0.2, -0.15) is 0 Å². The van der Waals surface area contributed by atoms with Gasteiger partial charge < -0.3 is 9.88 Å². The first kappa shape index (κ1) is 18.3. The van der Waals surface area contributed by atoms with E-state index < -0.39 is 0 Å². The first-order chi connectivity index (χ1) is 13.8. The van der Waals surface area contributed by atoms with Crippen LogP contribution in [0.2, 0.25) is 0 Å². The van der Waals surface area contributed by atoms with Crippen LogP contribution in [-0.4, -0.2) is 21.2 Å². The Balaban J connectivity index is 1.49. The van der Waals surface area contributed by atoms with Crippen LogP contribution in [0.25, 0.3) is 22.2 Å². The van der Waals surface area contributed by atoms with Gasteiger partial charge in [0.25, 0.3) is 0 Å². The molecule has 4 rings (SSSR count). The molecule has 0 bridgehead atoms. The Morgan fingerprint density at radius 1 is 0.964 bits per heavy atom. The number of amides is 1. The minimum atomic E-state index is -0.0388. The van der Waals surface area contributed by atoms with E-state index in [1.165, 1.54) is 11.8 Å². The van der Waals surface area contributed by atoms with Crippen molar-refractivity contribution < 1.29 is 4.79 Å². The van der Waals surface area contributed by atoms with Gasteiger partial charge in [-0.25, -0.2) is 4.98 Å². The lowest BCUT2D eigenvalue weighted by molar-refractivity contribution is -0.113. The maximum atomic E-state index is 12.6. The molecule has 0 unspecified atom stereocenters. The highest BCUT2D eigenvalue weighted by molar-refractivity contribution is 7.99. The summed E-state index contributed by atoms with van der Waals surface area (Å²) in [5.41, 5.74) is 4.98. The van der Waals surface area contributed by atoms with Crippen LogP contribution >= 0.6 is 11.8 Å². The molecule has 3 aromatic carbocycles. The average Bonchev–Trinajstić information content (AvgIpc) is 3.11. The Bertz CT molecular complexity index is 1110. The number of hydrogen-bond acceptors (Lipinski definition) is 3. The summed E-state index contributed by atoms with van der Waals surface area (Å²) in [5.74, 6) is 0.273. The molecule has 0 saturated heterocycles. The third kappa shape index (κ3) is 3.80. The number of anilines is 1. The Morgan fingerprint density at radius 3 is 2.50 bits per heavy atom. The van der Waals surface area contributed by atoms with Crippen LogP contribution in [0.4, 0.5) is 5.69 Å². The number of fused-ring (bicyclic) bond motifs is 1. The molecule has 1 amide bonds. The molecule has 0 atom stereocenters. The quantitative estimate of drug-likeness (QED) is 0.447. The first-order valence-electron chi connectivity index (χ1n) is 9.28. The molecule has 0 aliphatic carbocycles. The number of aryl methyl sites for hydroxylation is 1. The normalized spacial score (nSPS) is 10.9. The van der Waals surface area contributed by atoms with Gasteiger partial charge in [0.05, 0.1) is 16.8 Å². The Morgan fingerprint density at radius 2 is 1.68 bits per heavy atom. The fraction of sp³-hybridized carbons (Fsp3) is 0.130. The number of nitrogens with zero attached hydrogens (tertiary/aromatic N) is 2. The van der Waals surface area contributed by atoms with Crippen molar-refractivity contribution in [2.24, 2.45) is 0 Å². The number of aromatic nitrogens is 2. The van der Waals surface area contributed by atoms with E-state index in [2.05, 4.69) is 27.9 Å². The van der Waals surface area contributed by atoms with E-state index in [1.54, 1.807) is 0 Å². The zero-order valence-electron chi connectivity index (χ0n) is 15.6. The van der Waals surface area contributed by atoms with Crippen LogP contribution in [0, 0.1) is 0 Å². The molecule has 0 aliphatic rings. The van der Waals surface area contributed by atoms with Crippen LogP contribution in [0.3, 0.4) is 0 Å². The molecule has 28 heavy (non-hydrogen) atoms. The highest BCUT2D eigenvalue weighted by atomic mass is 32.2. The van der Waals surface area contributed by atoms with E-state index in [0.717, 1.165) is 39.5 Å². The molecule has 5 heteroatoms. The molecule has 0 spiro atoms. The lowest BCUT2D eigenvalue weighted by Gasteiger charge is -2.11. The molecule has 4 aromatic rings. The second-order valence-corrected chi connectivity index (χ2v) is 7.32. The van der Waals surface area contributed by atoms with Gasteiger partial charge in [0, 0.05) is 17.8 Å². The van der Waals surface area contributed by atoms with Gasteiger partial charge in [-0.05, 0) is 30.7 Å². The zero-order chi connectivity index (χ0) is 19.3. The summed E-state index contributed by atoms with van der Waals surface area (Å²) in [6.07, 6.45) is 0. The van der Waals surface area contributed by atoms with Gasteiger partial charge in [0.15, 0.2) is 5.16 Å². The molecule has 0 fully saturated rings. The van der Waals surface area contributed by atoms with Crippen LogP contribution in [0.1, 0.15) is 6.92 Å².